The smallest absolute Gasteiger partial charge is 0.349 e. The number of hydrogen-bond donors (Lipinski definition) is 3. The molecule has 0 aromatic heterocycles. The Labute approximate surface area is 188 Å². The van der Waals surface area contributed by atoms with E-state index in [1.165, 1.54) is 11.8 Å². The second-order valence-corrected chi connectivity index (χ2v) is 9.08. The average molecular weight is 451 g/mol. The molecule has 1 aromatic rings. The van der Waals surface area contributed by atoms with Gasteiger partial charge in [0.1, 0.15) is 5.75 Å². The van der Waals surface area contributed by atoms with Gasteiger partial charge in [0.05, 0.1) is 30.9 Å². The fraction of sp³-hybridized carbons (Fsp3) is 0.609. The molecule has 0 bridgehead atoms. The zero-order valence-corrected chi connectivity index (χ0v) is 19.1. The van der Waals surface area contributed by atoms with Crippen LogP contribution in [0.5, 0.6) is 5.75 Å². The highest BCUT2D eigenvalue weighted by Crippen LogP contribution is 2.36. The van der Waals surface area contributed by atoms with E-state index < -0.39 is 41.5 Å². The van der Waals surface area contributed by atoms with Crippen LogP contribution < -0.4 is 15.4 Å². The normalized spacial score (nSPS) is 18.7. The number of para-hydroxylation sites is 2. The molecule has 1 aromatic carbocycles. The summed E-state index contributed by atoms with van der Waals surface area (Å²) in [6, 6.07) is 6.32. The SMILES string of the molecule is CCOC(=O)[C@H]1CN(C(=O)CC(C)(C)C[C@H](N)[C@@H](O)C[C@@H](C)C(=O)O)c2ccccc2O1. The maximum atomic E-state index is 13.3. The van der Waals surface area contributed by atoms with E-state index >= 15 is 0 Å². The maximum absolute atomic E-state index is 13.3. The van der Waals surface area contributed by atoms with Gasteiger partial charge in [-0.2, -0.15) is 0 Å². The van der Waals surface area contributed by atoms with Gasteiger partial charge in [-0.3, -0.25) is 9.59 Å². The first-order chi connectivity index (χ1) is 14.9. The van der Waals surface area contributed by atoms with Gasteiger partial charge in [0, 0.05) is 12.5 Å². The lowest BCUT2D eigenvalue weighted by molar-refractivity contribution is -0.151. The van der Waals surface area contributed by atoms with Crippen LogP contribution in [0.1, 0.15) is 47.0 Å². The second kappa shape index (κ2) is 10.8. The predicted molar refractivity (Wildman–Crippen MR) is 118 cm³/mol. The van der Waals surface area contributed by atoms with Crippen molar-refractivity contribution in [2.45, 2.75) is 65.2 Å². The van der Waals surface area contributed by atoms with E-state index in [9.17, 15) is 19.5 Å². The molecule has 0 fully saturated rings. The van der Waals surface area contributed by atoms with E-state index in [0.29, 0.717) is 17.9 Å². The minimum atomic E-state index is -0.993. The molecule has 0 saturated heterocycles. The van der Waals surface area contributed by atoms with Crippen molar-refractivity contribution in [2.24, 2.45) is 17.1 Å². The van der Waals surface area contributed by atoms with E-state index in [2.05, 4.69) is 0 Å². The highest BCUT2D eigenvalue weighted by molar-refractivity contribution is 5.97. The summed E-state index contributed by atoms with van der Waals surface area (Å²) in [6.07, 6.45) is -1.43. The van der Waals surface area contributed by atoms with E-state index in [1.807, 2.05) is 13.8 Å². The Kier molecular flexibility index (Phi) is 8.63. The summed E-state index contributed by atoms with van der Waals surface area (Å²) in [5, 5.41) is 19.3. The van der Waals surface area contributed by atoms with Crippen molar-refractivity contribution < 1.29 is 34.1 Å². The van der Waals surface area contributed by atoms with Crippen LogP contribution in [0.25, 0.3) is 0 Å². The van der Waals surface area contributed by atoms with Gasteiger partial charge in [-0.1, -0.05) is 32.9 Å². The molecule has 0 radical (unpaired) electrons. The highest BCUT2D eigenvalue weighted by atomic mass is 16.6. The number of aliphatic carboxylic acids is 1. The van der Waals surface area contributed by atoms with Crippen molar-refractivity contribution in [1.82, 2.24) is 0 Å². The number of nitrogens with zero attached hydrogens (tertiary/aromatic N) is 1. The van der Waals surface area contributed by atoms with Gasteiger partial charge in [-0.25, -0.2) is 4.79 Å². The van der Waals surface area contributed by atoms with Crippen molar-refractivity contribution >= 4 is 23.5 Å². The molecular weight excluding hydrogens is 416 g/mol. The minimum Gasteiger partial charge on any atom is -0.481 e. The molecule has 1 amide bonds. The molecule has 4 atom stereocenters. The Morgan fingerprint density at radius 3 is 2.59 bits per heavy atom. The van der Waals surface area contributed by atoms with Crippen molar-refractivity contribution in [2.75, 3.05) is 18.1 Å². The van der Waals surface area contributed by atoms with Crippen LogP contribution in [0.3, 0.4) is 0 Å². The first-order valence-electron chi connectivity index (χ1n) is 10.8. The number of carboxylic acid groups (broad SMARTS) is 1. The first-order valence-corrected chi connectivity index (χ1v) is 10.8. The van der Waals surface area contributed by atoms with Crippen LogP contribution in [-0.4, -0.2) is 59.5 Å². The molecular formula is C23H34N2O7. The van der Waals surface area contributed by atoms with Gasteiger partial charge >= 0.3 is 11.9 Å². The van der Waals surface area contributed by atoms with E-state index in [-0.39, 0.29) is 31.9 Å². The number of fused-ring (bicyclic) bond motifs is 1. The number of carbonyl (C=O) groups excluding carboxylic acids is 2. The molecule has 0 saturated carbocycles. The van der Waals surface area contributed by atoms with E-state index in [0.717, 1.165) is 0 Å². The van der Waals surface area contributed by atoms with E-state index in [4.69, 9.17) is 20.3 Å². The number of rotatable bonds is 10. The lowest BCUT2D eigenvalue weighted by Gasteiger charge is -2.36. The number of carbonyl (C=O) groups is 3. The monoisotopic (exact) mass is 450 g/mol. The molecule has 178 valence electrons. The Hall–Kier alpha value is -2.65. The Balaban J connectivity index is 2.10. The molecule has 2 rings (SSSR count). The van der Waals surface area contributed by atoms with Gasteiger partial charge in [0.25, 0.3) is 0 Å². The van der Waals surface area contributed by atoms with Crippen molar-refractivity contribution in [3.63, 3.8) is 0 Å². The number of nitrogens with two attached hydrogens (primary N) is 1. The van der Waals surface area contributed by atoms with Gasteiger partial charge in [-0.15, -0.1) is 0 Å². The predicted octanol–water partition coefficient (Wildman–Crippen LogP) is 1.95. The van der Waals surface area contributed by atoms with Crippen molar-refractivity contribution in [3.8, 4) is 5.75 Å². The van der Waals surface area contributed by atoms with Crippen LogP contribution in [0.2, 0.25) is 0 Å². The number of aliphatic hydroxyl groups excluding tert-OH is 1. The van der Waals surface area contributed by atoms with Crippen molar-refractivity contribution in [3.05, 3.63) is 24.3 Å². The average Bonchev–Trinajstić information content (AvgIpc) is 2.72. The van der Waals surface area contributed by atoms with E-state index in [1.54, 1.807) is 31.2 Å². The third-order valence-corrected chi connectivity index (χ3v) is 5.55. The standard InChI is InChI=1S/C23H34N2O7/c1-5-31-22(30)19-13-25(16-8-6-7-9-18(16)32-19)20(27)12-23(3,4)11-15(24)17(26)10-14(2)21(28)29/h6-9,14-15,17,19,26H,5,10-13,24H2,1-4H3,(H,28,29)/t14-,15+,17+,19-/m1/s1. The molecule has 0 unspecified atom stereocenters. The van der Waals surface area contributed by atoms with Gasteiger partial charge in [0.2, 0.25) is 12.0 Å². The molecule has 1 heterocycles. The Morgan fingerprint density at radius 1 is 1.31 bits per heavy atom. The molecule has 0 aliphatic carbocycles. The summed E-state index contributed by atoms with van der Waals surface area (Å²) < 4.78 is 10.8. The number of aliphatic hydroxyl groups is 1. The Bertz CT molecular complexity index is 826. The summed E-state index contributed by atoms with van der Waals surface area (Å²) in [6.45, 7) is 7.20. The van der Waals surface area contributed by atoms with Crippen LogP contribution in [0.4, 0.5) is 5.69 Å². The number of anilines is 1. The zero-order chi connectivity index (χ0) is 24.1. The molecule has 0 spiro atoms. The number of carboxylic acids is 1. The summed E-state index contributed by atoms with van der Waals surface area (Å²) in [5.74, 6) is -2.02. The highest BCUT2D eigenvalue weighted by Gasteiger charge is 2.37. The maximum Gasteiger partial charge on any atom is 0.349 e. The summed E-state index contributed by atoms with van der Waals surface area (Å²) in [7, 11) is 0. The quantitative estimate of drug-likeness (QED) is 0.460. The molecule has 1 aliphatic heterocycles. The number of amides is 1. The number of hydrogen-bond acceptors (Lipinski definition) is 7. The number of ether oxygens (including phenoxy) is 2. The minimum absolute atomic E-state index is 0.0373. The molecule has 9 nitrogen and oxygen atoms in total. The topological polar surface area (TPSA) is 139 Å². The first kappa shape index (κ1) is 25.6. The van der Waals surface area contributed by atoms with Crippen LogP contribution in [-0.2, 0) is 19.1 Å². The summed E-state index contributed by atoms with van der Waals surface area (Å²) in [4.78, 5) is 38.1. The molecule has 9 heteroatoms. The largest absolute Gasteiger partial charge is 0.481 e. The molecule has 1 aliphatic rings. The second-order valence-electron chi connectivity index (χ2n) is 9.08. The van der Waals surface area contributed by atoms with Crippen molar-refractivity contribution in [1.29, 1.82) is 0 Å². The third kappa shape index (κ3) is 6.67. The van der Waals surface area contributed by atoms with Crippen LogP contribution >= 0.6 is 0 Å². The number of benzene rings is 1. The zero-order valence-electron chi connectivity index (χ0n) is 19.1. The van der Waals surface area contributed by atoms with Gasteiger partial charge < -0.3 is 30.3 Å². The lowest BCUT2D eigenvalue weighted by Crippen LogP contribution is -2.49. The summed E-state index contributed by atoms with van der Waals surface area (Å²) >= 11 is 0. The lowest BCUT2D eigenvalue weighted by atomic mass is 9.80. The Morgan fingerprint density at radius 2 is 1.97 bits per heavy atom. The third-order valence-electron chi connectivity index (χ3n) is 5.55. The molecule has 4 N–H and O–H groups in total. The van der Waals surface area contributed by atoms with Gasteiger partial charge in [-0.05, 0) is 37.3 Å². The van der Waals surface area contributed by atoms with Crippen LogP contribution in [0.15, 0.2) is 24.3 Å². The van der Waals surface area contributed by atoms with Crippen LogP contribution in [0, 0.1) is 11.3 Å². The fourth-order valence-electron chi connectivity index (χ4n) is 3.82. The summed E-state index contributed by atoms with van der Waals surface area (Å²) in [5.41, 5.74) is 6.13. The fourth-order valence-corrected chi connectivity index (χ4v) is 3.82. The molecule has 32 heavy (non-hydrogen) atoms. The number of esters is 1. The van der Waals surface area contributed by atoms with Gasteiger partial charge in [0.15, 0.2) is 0 Å².